The van der Waals surface area contributed by atoms with Gasteiger partial charge in [-0.15, -0.1) is 0 Å². The molecule has 3 unspecified atom stereocenters. The van der Waals surface area contributed by atoms with Gasteiger partial charge in [0.25, 0.3) is 0 Å². The maximum atomic E-state index is 9.92. The highest BCUT2D eigenvalue weighted by Crippen LogP contribution is 2.23. The molecule has 1 fully saturated rings. The van der Waals surface area contributed by atoms with Crippen molar-refractivity contribution < 1.29 is 22.4 Å². The van der Waals surface area contributed by atoms with Crippen LogP contribution in [0.2, 0.25) is 0 Å². The third kappa shape index (κ3) is 4.30. The predicted molar refractivity (Wildman–Crippen MR) is 70.0 cm³/mol. The van der Waals surface area contributed by atoms with E-state index < -0.39 is 24.3 Å². The van der Waals surface area contributed by atoms with Crippen LogP contribution in [0.5, 0.6) is 0 Å². The van der Waals surface area contributed by atoms with Gasteiger partial charge in [0.2, 0.25) is 0 Å². The van der Waals surface area contributed by atoms with E-state index in [9.17, 15) is 5.11 Å². The first-order chi connectivity index (χ1) is 8.13. The van der Waals surface area contributed by atoms with Gasteiger partial charge in [-0.1, -0.05) is 0 Å². The molecule has 1 aliphatic rings. The molecular weight excluding hydrogens is 340 g/mol. The molecule has 0 spiro atoms. The first kappa shape index (κ1) is 15.6. The van der Waals surface area contributed by atoms with E-state index in [1.807, 2.05) is 0 Å². The number of hydrogen-bond acceptors (Lipinski definition) is 6. The Morgan fingerprint density at radius 2 is 2.29 bits per heavy atom. The largest absolute Gasteiger partial charge is 0.388 e. The standard InChI is InChI=1S/C9H17BINO5/c1-14-5(2-12)3-15-8-7(13)6(4-16-11)17-9(8)10/h5-9,13H,2-4,12H2,1H3/t5?,6-,7?,8?,9-/m1/s1. The molecule has 2 radical (unpaired) electrons. The molecule has 0 amide bonds. The lowest BCUT2D eigenvalue weighted by Gasteiger charge is -2.22. The molecule has 1 rings (SSSR count). The second-order valence-electron chi connectivity index (χ2n) is 3.80. The average molecular weight is 357 g/mol. The fraction of sp³-hybridized carbons (Fsp3) is 1.00. The van der Waals surface area contributed by atoms with E-state index in [0.717, 1.165) is 0 Å². The van der Waals surface area contributed by atoms with Gasteiger partial charge in [-0.2, -0.15) is 0 Å². The molecule has 0 bridgehead atoms. The maximum absolute atomic E-state index is 9.92. The second kappa shape index (κ2) is 7.87. The molecule has 5 atom stereocenters. The van der Waals surface area contributed by atoms with Gasteiger partial charge in [-0.3, -0.25) is 0 Å². The number of hydrogen-bond donors (Lipinski definition) is 2. The fourth-order valence-corrected chi connectivity index (χ4v) is 1.96. The highest BCUT2D eigenvalue weighted by Gasteiger charge is 2.41. The summed E-state index contributed by atoms with van der Waals surface area (Å²) in [5.41, 5.74) is 5.46. The summed E-state index contributed by atoms with van der Waals surface area (Å²) in [5, 5.41) is 9.92. The van der Waals surface area contributed by atoms with Gasteiger partial charge < -0.3 is 28.1 Å². The Labute approximate surface area is 116 Å². The Morgan fingerprint density at radius 3 is 2.82 bits per heavy atom. The first-order valence-corrected chi connectivity index (χ1v) is 6.19. The molecule has 1 saturated heterocycles. The minimum absolute atomic E-state index is 0.214. The molecule has 0 aromatic heterocycles. The summed E-state index contributed by atoms with van der Waals surface area (Å²) in [6, 6.07) is -0.670. The molecule has 17 heavy (non-hydrogen) atoms. The number of aliphatic hydroxyl groups excluding tert-OH is 1. The number of aliphatic hydroxyl groups is 1. The Bertz CT molecular complexity index is 222. The summed E-state index contributed by atoms with van der Waals surface area (Å²) >= 11 is 1.74. The van der Waals surface area contributed by atoms with Crippen LogP contribution in [-0.2, 0) is 17.3 Å². The minimum atomic E-state index is -0.810. The van der Waals surface area contributed by atoms with E-state index in [-0.39, 0.29) is 19.3 Å². The van der Waals surface area contributed by atoms with Crippen molar-refractivity contribution in [2.24, 2.45) is 5.73 Å². The molecule has 1 heterocycles. The minimum Gasteiger partial charge on any atom is -0.388 e. The monoisotopic (exact) mass is 357 g/mol. The smallest absolute Gasteiger partial charge is 0.112 e. The van der Waals surface area contributed by atoms with E-state index in [1.54, 1.807) is 30.1 Å². The van der Waals surface area contributed by atoms with E-state index in [2.05, 4.69) is 0 Å². The molecule has 98 valence electrons. The van der Waals surface area contributed by atoms with Crippen LogP contribution in [0.1, 0.15) is 0 Å². The summed E-state index contributed by atoms with van der Waals surface area (Å²) < 4.78 is 20.8. The van der Waals surface area contributed by atoms with Crippen molar-refractivity contribution in [2.45, 2.75) is 30.4 Å². The van der Waals surface area contributed by atoms with Crippen molar-refractivity contribution in [1.29, 1.82) is 0 Å². The van der Waals surface area contributed by atoms with Crippen molar-refractivity contribution in [2.75, 3.05) is 26.9 Å². The Kier molecular flexibility index (Phi) is 7.23. The highest BCUT2D eigenvalue weighted by atomic mass is 127. The number of halogens is 1. The fourth-order valence-electron chi connectivity index (χ4n) is 1.61. The Morgan fingerprint density at radius 1 is 1.59 bits per heavy atom. The van der Waals surface area contributed by atoms with E-state index >= 15 is 0 Å². The van der Waals surface area contributed by atoms with Gasteiger partial charge in [0.15, 0.2) is 0 Å². The molecule has 0 aromatic rings. The number of rotatable bonds is 7. The lowest BCUT2D eigenvalue weighted by Crippen LogP contribution is -2.39. The van der Waals surface area contributed by atoms with Gasteiger partial charge in [0, 0.05) is 19.7 Å². The molecule has 1 aliphatic heterocycles. The average Bonchev–Trinajstić information content (AvgIpc) is 2.58. The molecule has 0 aromatic carbocycles. The van der Waals surface area contributed by atoms with Crippen molar-refractivity contribution in [3.8, 4) is 0 Å². The quantitative estimate of drug-likeness (QED) is 0.448. The zero-order chi connectivity index (χ0) is 12.8. The van der Waals surface area contributed by atoms with Crippen LogP contribution < -0.4 is 5.73 Å². The van der Waals surface area contributed by atoms with Gasteiger partial charge in [0.1, 0.15) is 49.2 Å². The molecule has 6 nitrogen and oxygen atoms in total. The summed E-state index contributed by atoms with van der Waals surface area (Å²) in [4.78, 5) is 0. The van der Waals surface area contributed by atoms with Gasteiger partial charge >= 0.3 is 0 Å². The van der Waals surface area contributed by atoms with Crippen LogP contribution >= 0.6 is 23.0 Å². The van der Waals surface area contributed by atoms with Crippen LogP contribution in [0.15, 0.2) is 0 Å². The van der Waals surface area contributed by atoms with Gasteiger partial charge in [-0.05, 0) is 0 Å². The molecule has 3 N–H and O–H groups in total. The zero-order valence-electron chi connectivity index (χ0n) is 9.62. The lowest BCUT2D eigenvalue weighted by atomic mass is 9.93. The van der Waals surface area contributed by atoms with Crippen molar-refractivity contribution in [1.82, 2.24) is 0 Å². The number of nitrogens with two attached hydrogens (primary N) is 1. The molecular formula is C9H17BINO5. The summed E-state index contributed by atoms with van der Waals surface area (Å²) in [6.07, 6.45) is -2.08. The van der Waals surface area contributed by atoms with E-state index in [0.29, 0.717) is 6.54 Å². The SMILES string of the molecule is [B][C@@H]1O[C@H](COI)C(O)C1OCC(CN)OC. The maximum Gasteiger partial charge on any atom is 0.112 e. The van der Waals surface area contributed by atoms with Crippen LogP contribution in [0, 0.1) is 0 Å². The summed E-state index contributed by atoms with van der Waals surface area (Å²) in [7, 11) is 7.27. The molecule has 0 aliphatic carbocycles. The van der Waals surface area contributed by atoms with E-state index in [4.69, 9.17) is 30.9 Å². The Balaban J connectivity index is 2.42. The number of ether oxygens (including phenoxy) is 3. The highest BCUT2D eigenvalue weighted by molar-refractivity contribution is 14.1. The van der Waals surface area contributed by atoms with Crippen LogP contribution in [-0.4, -0.2) is 70.2 Å². The lowest BCUT2D eigenvalue weighted by molar-refractivity contribution is -0.0624. The topological polar surface area (TPSA) is 83.2 Å². The van der Waals surface area contributed by atoms with Gasteiger partial charge in [-0.25, -0.2) is 0 Å². The summed E-state index contributed by atoms with van der Waals surface area (Å²) in [5.74, 6) is 0. The van der Waals surface area contributed by atoms with E-state index in [1.165, 1.54) is 0 Å². The molecule has 8 heteroatoms. The normalized spacial score (nSPS) is 35.1. The first-order valence-electron chi connectivity index (χ1n) is 5.31. The predicted octanol–water partition coefficient (Wildman–Crippen LogP) is -1.03. The third-order valence-corrected chi connectivity index (χ3v) is 3.03. The van der Waals surface area contributed by atoms with Crippen molar-refractivity contribution >= 4 is 30.9 Å². The van der Waals surface area contributed by atoms with Crippen LogP contribution in [0.25, 0.3) is 0 Å². The third-order valence-electron chi connectivity index (χ3n) is 2.67. The van der Waals surface area contributed by atoms with Crippen LogP contribution in [0.4, 0.5) is 0 Å². The zero-order valence-corrected chi connectivity index (χ0v) is 11.8. The van der Waals surface area contributed by atoms with Crippen LogP contribution in [0.3, 0.4) is 0 Å². The summed E-state index contributed by atoms with van der Waals surface area (Å²) in [6.45, 7) is 0.874. The van der Waals surface area contributed by atoms with Crippen molar-refractivity contribution in [3.63, 3.8) is 0 Å². The van der Waals surface area contributed by atoms with Crippen molar-refractivity contribution in [3.05, 3.63) is 0 Å². The number of methoxy groups -OCH3 is 1. The molecule has 0 saturated carbocycles. The second-order valence-corrected chi connectivity index (χ2v) is 4.42. The van der Waals surface area contributed by atoms with Gasteiger partial charge in [0.05, 0.1) is 19.3 Å². The Hall–Kier alpha value is 0.555.